The van der Waals surface area contributed by atoms with Gasteiger partial charge in [-0.3, -0.25) is 10.1 Å². The Hall–Kier alpha value is -3.40. The number of hydrogen-bond acceptors (Lipinski definition) is 5. The first-order valence-electron chi connectivity index (χ1n) is 8.76. The molecule has 0 aliphatic carbocycles. The van der Waals surface area contributed by atoms with Crippen LogP contribution in [0.2, 0.25) is 0 Å². The minimum absolute atomic E-state index is 0.155. The number of nitrogens with one attached hydrogen (secondary N) is 2. The van der Waals surface area contributed by atoms with E-state index in [2.05, 4.69) is 15.6 Å². The molecule has 6 nitrogen and oxygen atoms in total. The standard InChI is InChI=1S/C20H16F3N3O3S/c1-2-29-19(28)26-18-24-15(12-7-4-3-5-8-12)17(30-18)25-16(27)13-9-6-10-14(11-13)20(21,22)23/h3-11H,2H2,1H3,(H,25,27)(H,24,26,28). The van der Waals surface area contributed by atoms with Gasteiger partial charge in [0.15, 0.2) is 5.13 Å². The summed E-state index contributed by atoms with van der Waals surface area (Å²) in [7, 11) is 0. The van der Waals surface area contributed by atoms with Gasteiger partial charge in [0.25, 0.3) is 5.91 Å². The lowest BCUT2D eigenvalue weighted by Crippen LogP contribution is -2.13. The largest absolute Gasteiger partial charge is 0.450 e. The van der Waals surface area contributed by atoms with Crippen LogP contribution >= 0.6 is 11.3 Å². The van der Waals surface area contributed by atoms with Gasteiger partial charge in [0.1, 0.15) is 10.7 Å². The van der Waals surface area contributed by atoms with E-state index in [1.54, 1.807) is 37.3 Å². The summed E-state index contributed by atoms with van der Waals surface area (Å²) >= 11 is 0.964. The van der Waals surface area contributed by atoms with Gasteiger partial charge in [0.05, 0.1) is 12.2 Å². The molecular weight excluding hydrogens is 419 g/mol. The first kappa shape index (κ1) is 21.3. The van der Waals surface area contributed by atoms with Crippen LogP contribution in [0.5, 0.6) is 0 Å². The van der Waals surface area contributed by atoms with Gasteiger partial charge in [0, 0.05) is 11.1 Å². The van der Waals surface area contributed by atoms with Crippen molar-refractivity contribution in [3.05, 3.63) is 65.7 Å². The monoisotopic (exact) mass is 435 g/mol. The molecule has 3 rings (SSSR count). The number of thiazole rings is 1. The third kappa shape index (κ3) is 5.15. The molecule has 0 atom stereocenters. The lowest BCUT2D eigenvalue weighted by molar-refractivity contribution is -0.137. The molecule has 156 valence electrons. The summed E-state index contributed by atoms with van der Waals surface area (Å²) in [5.74, 6) is -0.732. The van der Waals surface area contributed by atoms with Gasteiger partial charge in [-0.1, -0.05) is 47.7 Å². The van der Waals surface area contributed by atoms with Gasteiger partial charge in [-0.05, 0) is 25.1 Å². The highest BCUT2D eigenvalue weighted by Gasteiger charge is 2.31. The van der Waals surface area contributed by atoms with Crippen LogP contribution in [0, 0.1) is 0 Å². The molecule has 0 saturated carbocycles. The van der Waals surface area contributed by atoms with Gasteiger partial charge in [-0.2, -0.15) is 13.2 Å². The van der Waals surface area contributed by atoms with Crippen LogP contribution in [0.25, 0.3) is 11.3 Å². The van der Waals surface area contributed by atoms with E-state index in [4.69, 9.17) is 4.74 Å². The van der Waals surface area contributed by atoms with Crippen molar-refractivity contribution >= 4 is 33.5 Å². The highest BCUT2D eigenvalue weighted by molar-refractivity contribution is 7.20. The number of halogens is 3. The minimum Gasteiger partial charge on any atom is -0.450 e. The molecule has 2 amide bonds. The summed E-state index contributed by atoms with van der Waals surface area (Å²) in [5, 5.41) is 5.50. The number of aromatic nitrogens is 1. The lowest BCUT2D eigenvalue weighted by atomic mass is 10.1. The quantitative estimate of drug-likeness (QED) is 0.543. The van der Waals surface area contributed by atoms with Crippen LogP contribution in [-0.4, -0.2) is 23.6 Å². The number of nitrogens with zero attached hydrogens (tertiary/aromatic N) is 1. The Morgan fingerprint density at radius 3 is 2.47 bits per heavy atom. The molecule has 0 bridgehead atoms. The van der Waals surface area contributed by atoms with E-state index in [9.17, 15) is 22.8 Å². The number of ether oxygens (including phenoxy) is 1. The highest BCUT2D eigenvalue weighted by Crippen LogP contribution is 2.36. The molecule has 30 heavy (non-hydrogen) atoms. The molecule has 0 saturated heterocycles. The van der Waals surface area contributed by atoms with E-state index < -0.39 is 23.7 Å². The molecule has 0 aliphatic rings. The Morgan fingerprint density at radius 2 is 1.80 bits per heavy atom. The van der Waals surface area contributed by atoms with Gasteiger partial charge in [0.2, 0.25) is 0 Å². The number of carbonyl (C=O) groups excluding carboxylic acids is 2. The lowest BCUT2D eigenvalue weighted by Gasteiger charge is -2.09. The van der Waals surface area contributed by atoms with Gasteiger partial charge in [-0.15, -0.1) is 0 Å². The van der Waals surface area contributed by atoms with E-state index in [0.29, 0.717) is 11.3 Å². The third-order valence-corrected chi connectivity index (χ3v) is 4.72. The van der Waals surface area contributed by atoms with Crippen LogP contribution in [0.3, 0.4) is 0 Å². The Kier molecular flexibility index (Phi) is 6.36. The number of benzene rings is 2. The molecule has 0 radical (unpaired) electrons. The Morgan fingerprint density at radius 1 is 1.07 bits per heavy atom. The zero-order valence-corrected chi connectivity index (χ0v) is 16.4. The maximum Gasteiger partial charge on any atom is 0.416 e. The average molecular weight is 435 g/mol. The second-order valence-electron chi connectivity index (χ2n) is 5.94. The van der Waals surface area contributed by atoms with Crippen molar-refractivity contribution in [1.82, 2.24) is 4.98 Å². The van der Waals surface area contributed by atoms with E-state index in [0.717, 1.165) is 29.5 Å². The first-order valence-corrected chi connectivity index (χ1v) is 9.58. The molecule has 2 N–H and O–H groups in total. The molecule has 0 spiro atoms. The molecule has 1 aromatic heterocycles. The van der Waals surface area contributed by atoms with Gasteiger partial charge < -0.3 is 10.1 Å². The summed E-state index contributed by atoms with van der Waals surface area (Å²) in [5.41, 5.74) is -0.0535. The van der Waals surface area contributed by atoms with E-state index in [1.807, 2.05) is 0 Å². The predicted octanol–water partition coefficient (Wildman–Crippen LogP) is 5.65. The molecule has 2 aromatic carbocycles. The zero-order chi connectivity index (χ0) is 21.7. The molecular formula is C20H16F3N3O3S. The topological polar surface area (TPSA) is 80.3 Å². The zero-order valence-electron chi connectivity index (χ0n) is 15.6. The van der Waals surface area contributed by atoms with Crippen molar-refractivity contribution in [3.63, 3.8) is 0 Å². The van der Waals surface area contributed by atoms with Crippen molar-refractivity contribution < 1.29 is 27.5 Å². The molecule has 3 aromatic rings. The first-order chi connectivity index (χ1) is 14.3. The summed E-state index contributed by atoms with van der Waals surface area (Å²) in [4.78, 5) is 28.6. The van der Waals surface area contributed by atoms with Gasteiger partial charge in [-0.25, -0.2) is 9.78 Å². The predicted molar refractivity (Wildman–Crippen MR) is 108 cm³/mol. The highest BCUT2D eigenvalue weighted by atomic mass is 32.1. The summed E-state index contributed by atoms with van der Waals surface area (Å²) in [6, 6.07) is 13.0. The fourth-order valence-electron chi connectivity index (χ4n) is 2.52. The number of rotatable bonds is 5. The normalized spacial score (nSPS) is 11.1. The Balaban J connectivity index is 1.91. The maximum atomic E-state index is 12.9. The van der Waals surface area contributed by atoms with Crippen molar-refractivity contribution in [3.8, 4) is 11.3 Å². The van der Waals surface area contributed by atoms with Crippen LogP contribution in [-0.2, 0) is 10.9 Å². The molecule has 0 aliphatic heterocycles. The van der Waals surface area contributed by atoms with E-state index in [-0.39, 0.29) is 22.3 Å². The summed E-state index contributed by atoms with van der Waals surface area (Å²) in [6.07, 6.45) is -5.27. The van der Waals surface area contributed by atoms with Gasteiger partial charge >= 0.3 is 12.3 Å². The second kappa shape index (κ2) is 8.95. The summed E-state index contributed by atoms with van der Waals surface area (Å²) in [6.45, 7) is 1.82. The van der Waals surface area contributed by atoms with Crippen molar-refractivity contribution in [2.45, 2.75) is 13.1 Å². The number of amides is 2. The van der Waals surface area contributed by atoms with Crippen LogP contribution < -0.4 is 10.6 Å². The van der Waals surface area contributed by atoms with Crippen molar-refractivity contribution in [2.75, 3.05) is 17.2 Å². The molecule has 10 heteroatoms. The third-order valence-electron chi connectivity index (χ3n) is 3.84. The van der Waals surface area contributed by atoms with Crippen LogP contribution in [0.1, 0.15) is 22.8 Å². The fraction of sp³-hybridized carbons (Fsp3) is 0.150. The summed E-state index contributed by atoms with van der Waals surface area (Å²) < 4.78 is 43.6. The molecule has 0 unspecified atom stereocenters. The number of anilines is 2. The van der Waals surface area contributed by atoms with E-state index in [1.165, 1.54) is 6.07 Å². The number of carbonyl (C=O) groups is 2. The number of alkyl halides is 3. The van der Waals surface area contributed by atoms with Crippen molar-refractivity contribution in [2.24, 2.45) is 0 Å². The average Bonchev–Trinajstić information content (AvgIpc) is 3.10. The second-order valence-corrected chi connectivity index (χ2v) is 6.94. The molecule has 0 fully saturated rings. The van der Waals surface area contributed by atoms with E-state index >= 15 is 0 Å². The Bertz CT molecular complexity index is 1050. The smallest absolute Gasteiger partial charge is 0.416 e. The number of hydrogen-bond donors (Lipinski definition) is 2. The molecule has 1 heterocycles. The minimum atomic E-state index is -4.56. The van der Waals surface area contributed by atoms with Crippen LogP contribution in [0.4, 0.5) is 28.1 Å². The maximum absolute atomic E-state index is 12.9. The van der Waals surface area contributed by atoms with Crippen LogP contribution in [0.15, 0.2) is 54.6 Å². The SMILES string of the molecule is CCOC(=O)Nc1nc(-c2ccccc2)c(NC(=O)c2cccc(C(F)(F)F)c2)s1. The fourth-order valence-corrected chi connectivity index (χ4v) is 3.39. The van der Waals surface area contributed by atoms with Crippen molar-refractivity contribution in [1.29, 1.82) is 0 Å². The Labute approximate surface area is 173 Å².